The number of fused-ring (bicyclic) bond motifs is 1. The van der Waals surface area contributed by atoms with Crippen LogP contribution in [-0.2, 0) is 0 Å². The van der Waals surface area contributed by atoms with Crippen LogP contribution in [0, 0.1) is 17.3 Å². The number of allylic oxidation sites excluding steroid dienone is 4. The van der Waals surface area contributed by atoms with Gasteiger partial charge in [0.05, 0.1) is 0 Å². The van der Waals surface area contributed by atoms with Gasteiger partial charge in [-0.1, -0.05) is 24.3 Å². The Kier molecular flexibility index (Phi) is 1.83. The van der Waals surface area contributed by atoms with E-state index in [1.165, 1.54) is 12.2 Å². The van der Waals surface area contributed by atoms with E-state index in [-0.39, 0.29) is 0 Å². The summed E-state index contributed by atoms with van der Waals surface area (Å²) in [5, 5.41) is 0. The van der Waals surface area contributed by atoms with E-state index in [0.29, 0.717) is 0 Å². The quantitative estimate of drug-likeness (QED) is 0.557. The second-order valence-electron chi connectivity index (χ2n) is 3.69. The lowest BCUT2D eigenvalue weighted by Crippen LogP contribution is -2.41. The fourth-order valence-corrected chi connectivity index (χ4v) is 2.27. The number of hydrogen-bond donors (Lipinski definition) is 0. The Morgan fingerprint density at radius 1 is 0.733 bits per heavy atom. The molecule has 0 heterocycles. The molecule has 0 nitrogen and oxygen atoms in total. The van der Waals surface area contributed by atoms with Crippen LogP contribution in [0.5, 0.6) is 0 Å². The standard InChI is InChI=1S/C9H6F6/c10-8(11,12)7(9(13,14)15)5-3-1-2-4-6(5)7/h1-6H. The lowest BCUT2D eigenvalue weighted by atomic mass is 10.0. The Hall–Kier alpha value is -0.940. The van der Waals surface area contributed by atoms with Crippen LogP contribution < -0.4 is 0 Å². The molecule has 1 saturated carbocycles. The van der Waals surface area contributed by atoms with Crippen LogP contribution in [0.15, 0.2) is 24.3 Å². The average molecular weight is 228 g/mol. The Labute approximate surface area is 81.3 Å². The van der Waals surface area contributed by atoms with Gasteiger partial charge in [0.15, 0.2) is 5.41 Å². The van der Waals surface area contributed by atoms with Crippen LogP contribution in [0.1, 0.15) is 0 Å². The molecule has 2 aliphatic rings. The minimum Gasteiger partial charge on any atom is -0.170 e. The minimum absolute atomic E-state index is 0.978. The highest BCUT2D eigenvalue weighted by atomic mass is 19.4. The Morgan fingerprint density at radius 2 is 1.07 bits per heavy atom. The summed E-state index contributed by atoms with van der Waals surface area (Å²) in [6.45, 7) is 0. The van der Waals surface area contributed by atoms with Crippen LogP contribution in [0.25, 0.3) is 0 Å². The van der Waals surface area contributed by atoms with Gasteiger partial charge in [-0.15, -0.1) is 0 Å². The molecule has 0 aromatic heterocycles. The normalized spacial score (nSPS) is 32.7. The highest BCUT2D eigenvalue weighted by Gasteiger charge is 2.88. The molecule has 2 aliphatic carbocycles. The van der Waals surface area contributed by atoms with Crippen molar-refractivity contribution in [3.8, 4) is 0 Å². The molecule has 84 valence electrons. The second kappa shape index (κ2) is 2.59. The van der Waals surface area contributed by atoms with Gasteiger partial charge in [-0.3, -0.25) is 0 Å². The Bertz CT molecular complexity index is 297. The van der Waals surface area contributed by atoms with Crippen molar-refractivity contribution in [1.82, 2.24) is 0 Å². The van der Waals surface area contributed by atoms with Gasteiger partial charge < -0.3 is 0 Å². The van der Waals surface area contributed by atoms with Crippen molar-refractivity contribution >= 4 is 0 Å². The van der Waals surface area contributed by atoms with Gasteiger partial charge in [-0.05, 0) is 0 Å². The predicted molar refractivity (Wildman–Crippen MR) is 39.8 cm³/mol. The number of hydrogen-bond acceptors (Lipinski definition) is 0. The molecule has 1 fully saturated rings. The van der Waals surface area contributed by atoms with Gasteiger partial charge in [-0.25, -0.2) is 0 Å². The van der Waals surface area contributed by atoms with Crippen molar-refractivity contribution in [1.29, 1.82) is 0 Å². The van der Waals surface area contributed by atoms with E-state index in [0.717, 1.165) is 12.2 Å². The van der Waals surface area contributed by atoms with Gasteiger partial charge in [0.2, 0.25) is 0 Å². The highest BCUT2D eigenvalue weighted by Crippen LogP contribution is 2.75. The van der Waals surface area contributed by atoms with E-state index >= 15 is 0 Å². The molecule has 0 aliphatic heterocycles. The van der Waals surface area contributed by atoms with Crippen LogP contribution in [0.2, 0.25) is 0 Å². The Balaban J connectivity index is 2.46. The van der Waals surface area contributed by atoms with Crippen LogP contribution in [-0.4, -0.2) is 12.4 Å². The first-order valence-corrected chi connectivity index (χ1v) is 4.21. The van der Waals surface area contributed by atoms with Gasteiger partial charge >= 0.3 is 12.4 Å². The summed E-state index contributed by atoms with van der Waals surface area (Å²) in [5.41, 5.74) is -3.55. The van der Waals surface area contributed by atoms with Crippen molar-refractivity contribution in [2.24, 2.45) is 17.3 Å². The molecule has 0 aromatic rings. The summed E-state index contributed by atoms with van der Waals surface area (Å²) in [4.78, 5) is 0. The van der Waals surface area contributed by atoms with Crippen LogP contribution in [0.3, 0.4) is 0 Å². The predicted octanol–water partition coefficient (Wildman–Crippen LogP) is 3.47. The first kappa shape index (κ1) is 10.6. The van der Waals surface area contributed by atoms with Crippen molar-refractivity contribution in [3.05, 3.63) is 24.3 Å². The molecule has 2 unspecified atom stereocenters. The molecule has 0 saturated heterocycles. The molecule has 0 bridgehead atoms. The molecule has 2 atom stereocenters. The third kappa shape index (κ3) is 1.10. The minimum atomic E-state index is -5.25. The fourth-order valence-electron chi connectivity index (χ4n) is 2.27. The lowest BCUT2D eigenvalue weighted by molar-refractivity contribution is -0.307. The topological polar surface area (TPSA) is 0 Å². The summed E-state index contributed by atoms with van der Waals surface area (Å²) in [6, 6.07) is 0. The van der Waals surface area contributed by atoms with Crippen molar-refractivity contribution in [3.63, 3.8) is 0 Å². The van der Waals surface area contributed by atoms with Gasteiger partial charge in [0.25, 0.3) is 0 Å². The molecular weight excluding hydrogens is 222 g/mol. The van der Waals surface area contributed by atoms with Gasteiger partial charge in [0, 0.05) is 11.8 Å². The first-order valence-electron chi connectivity index (χ1n) is 4.21. The van der Waals surface area contributed by atoms with E-state index in [9.17, 15) is 26.3 Å². The third-order valence-electron chi connectivity index (χ3n) is 3.02. The zero-order chi connectivity index (χ0) is 11.5. The van der Waals surface area contributed by atoms with Crippen LogP contribution >= 0.6 is 0 Å². The molecule has 0 aromatic carbocycles. The summed E-state index contributed by atoms with van der Waals surface area (Å²) in [7, 11) is 0. The molecule has 15 heavy (non-hydrogen) atoms. The van der Waals surface area contributed by atoms with E-state index in [1.807, 2.05) is 0 Å². The van der Waals surface area contributed by atoms with Gasteiger partial charge in [0.1, 0.15) is 0 Å². The molecule has 0 amide bonds. The first-order chi connectivity index (χ1) is 6.73. The number of halogens is 6. The molecule has 2 rings (SSSR count). The zero-order valence-corrected chi connectivity index (χ0v) is 7.23. The lowest BCUT2D eigenvalue weighted by Gasteiger charge is -2.23. The summed E-state index contributed by atoms with van der Waals surface area (Å²) in [6.07, 6.45) is -6.10. The zero-order valence-electron chi connectivity index (χ0n) is 7.23. The third-order valence-corrected chi connectivity index (χ3v) is 3.02. The summed E-state index contributed by atoms with van der Waals surface area (Å²) < 4.78 is 75.0. The largest absolute Gasteiger partial charge is 0.404 e. The molecule has 0 spiro atoms. The molecule has 6 heteroatoms. The van der Waals surface area contributed by atoms with Crippen molar-refractivity contribution < 1.29 is 26.3 Å². The van der Waals surface area contributed by atoms with E-state index in [1.54, 1.807) is 0 Å². The fraction of sp³-hybridized carbons (Fsp3) is 0.556. The van der Waals surface area contributed by atoms with E-state index < -0.39 is 29.6 Å². The molecular formula is C9H6F6. The maximum absolute atomic E-state index is 12.5. The molecule has 0 N–H and O–H groups in total. The maximum atomic E-state index is 12.5. The SMILES string of the molecule is FC(F)(F)C1(C(F)(F)F)C2C=CC=CC21. The van der Waals surface area contributed by atoms with E-state index in [4.69, 9.17) is 0 Å². The second-order valence-corrected chi connectivity index (χ2v) is 3.69. The summed E-state index contributed by atoms with van der Waals surface area (Å²) >= 11 is 0. The highest BCUT2D eigenvalue weighted by molar-refractivity contribution is 5.34. The average Bonchev–Trinajstić information content (AvgIpc) is 2.70. The van der Waals surface area contributed by atoms with Gasteiger partial charge in [-0.2, -0.15) is 26.3 Å². The molecule has 0 radical (unpaired) electrons. The number of alkyl halides is 6. The van der Waals surface area contributed by atoms with Crippen molar-refractivity contribution in [2.75, 3.05) is 0 Å². The number of rotatable bonds is 0. The summed E-state index contributed by atoms with van der Waals surface area (Å²) in [5.74, 6) is -2.97. The maximum Gasteiger partial charge on any atom is 0.404 e. The Morgan fingerprint density at radius 3 is 1.33 bits per heavy atom. The monoisotopic (exact) mass is 228 g/mol. The van der Waals surface area contributed by atoms with Crippen LogP contribution in [0.4, 0.5) is 26.3 Å². The van der Waals surface area contributed by atoms with E-state index in [2.05, 4.69) is 0 Å². The van der Waals surface area contributed by atoms with Crippen molar-refractivity contribution in [2.45, 2.75) is 12.4 Å². The smallest absolute Gasteiger partial charge is 0.170 e.